The lowest BCUT2D eigenvalue weighted by Gasteiger charge is -2.34. The first-order valence-corrected chi connectivity index (χ1v) is 10.5. The molecule has 1 aromatic carbocycles. The molecule has 0 bridgehead atoms. The third-order valence-electron chi connectivity index (χ3n) is 5.74. The van der Waals surface area contributed by atoms with Crippen LogP contribution in [0.25, 0.3) is 10.9 Å². The third kappa shape index (κ3) is 3.84. The van der Waals surface area contributed by atoms with Gasteiger partial charge in [-0.1, -0.05) is 49.0 Å². The maximum atomic E-state index is 13.1. The zero-order valence-electron chi connectivity index (χ0n) is 15.6. The Hall–Kier alpha value is -1.16. The van der Waals surface area contributed by atoms with Crippen molar-refractivity contribution in [2.24, 2.45) is 11.8 Å². The van der Waals surface area contributed by atoms with E-state index in [1.54, 1.807) is 0 Å². The SMILES string of the molecule is CCC[C@H](c1nc2ccc(Br)cc2c(=O)n1CC)[C@@H]1CCC[C@@H](C)C1. The monoisotopic (exact) mass is 404 g/mol. The molecule has 0 aliphatic heterocycles. The number of rotatable bonds is 5. The fourth-order valence-corrected chi connectivity index (χ4v) is 4.89. The Morgan fingerprint density at radius 2 is 2.12 bits per heavy atom. The van der Waals surface area contributed by atoms with E-state index in [9.17, 15) is 4.79 Å². The molecule has 1 aromatic heterocycles. The number of benzene rings is 1. The molecule has 2 aromatic rings. The highest BCUT2D eigenvalue weighted by Crippen LogP contribution is 2.40. The van der Waals surface area contributed by atoms with Gasteiger partial charge in [-0.3, -0.25) is 9.36 Å². The van der Waals surface area contributed by atoms with E-state index in [2.05, 4.69) is 36.7 Å². The number of nitrogens with zero attached hydrogens (tertiary/aromatic N) is 2. The number of hydrogen-bond donors (Lipinski definition) is 0. The van der Waals surface area contributed by atoms with Gasteiger partial charge in [-0.05, 0) is 56.2 Å². The van der Waals surface area contributed by atoms with E-state index in [4.69, 9.17) is 4.98 Å². The van der Waals surface area contributed by atoms with Crippen molar-refractivity contribution in [3.63, 3.8) is 0 Å². The molecule has 1 fully saturated rings. The summed E-state index contributed by atoms with van der Waals surface area (Å²) in [5.41, 5.74) is 0.937. The number of aromatic nitrogens is 2. The first-order valence-electron chi connectivity index (χ1n) is 9.75. The molecule has 3 nitrogen and oxygen atoms in total. The highest BCUT2D eigenvalue weighted by Gasteiger charge is 2.30. The lowest BCUT2D eigenvalue weighted by molar-refractivity contribution is 0.229. The Morgan fingerprint density at radius 3 is 2.80 bits per heavy atom. The van der Waals surface area contributed by atoms with E-state index >= 15 is 0 Å². The Labute approximate surface area is 159 Å². The minimum Gasteiger partial charge on any atom is -0.296 e. The smallest absolute Gasteiger partial charge is 0.261 e. The van der Waals surface area contributed by atoms with Crippen molar-refractivity contribution in [2.45, 2.75) is 71.8 Å². The van der Waals surface area contributed by atoms with Crippen LogP contribution >= 0.6 is 15.9 Å². The molecule has 25 heavy (non-hydrogen) atoms. The number of halogens is 1. The van der Waals surface area contributed by atoms with Crippen LogP contribution in [0.2, 0.25) is 0 Å². The summed E-state index contributed by atoms with van der Waals surface area (Å²) in [6, 6.07) is 5.85. The van der Waals surface area contributed by atoms with Gasteiger partial charge in [-0.25, -0.2) is 4.98 Å². The Balaban J connectivity index is 2.13. The van der Waals surface area contributed by atoms with Crippen molar-refractivity contribution in [3.05, 3.63) is 38.9 Å². The predicted octanol–water partition coefficient (Wildman–Crippen LogP) is 5.89. The van der Waals surface area contributed by atoms with Crippen molar-refractivity contribution in [1.82, 2.24) is 9.55 Å². The summed E-state index contributed by atoms with van der Waals surface area (Å²) in [5.74, 6) is 2.86. The summed E-state index contributed by atoms with van der Waals surface area (Å²) in [4.78, 5) is 18.1. The molecular weight excluding hydrogens is 376 g/mol. The zero-order valence-corrected chi connectivity index (χ0v) is 17.2. The molecule has 1 aliphatic carbocycles. The summed E-state index contributed by atoms with van der Waals surface area (Å²) in [6.45, 7) is 7.36. The van der Waals surface area contributed by atoms with Crippen LogP contribution in [0.3, 0.4) is 0 Å². The largest absolute Gasteiger partial charge is 0.296 e. The van der Waals surface area contributed by atoms with Crippen molar-refractivity contribution < 1.29 is 0 Å². The van der Waals surface area contributed by atoms with Gasteiger partial charge in [0.15, 0.2) is 0 Å². The molecule has 1 heterocycles. The highest BCUT2D eigenvalue weighted by atomic mass is 79.9. The molecule has 0 spiro atoms. The molecule has 3 atom stereocenters. The maximum Gasteiger partial charge on any atom is 0.261 e. The van der Waals surface area contributed by atoms with Gasteiger partial charge >= 0.3 is 0 Å². The molecule has 0 saturated heterocycles. The lowest BCUT2D eigenvalue weighted by Crippen LogP contribution is -2.30. The summed E-state index contributed by atoms with van der Waals surface area (Å²) >= 11 is 3.48. The van der Waals surface area contributed by atoms with Gasteiger partial charge in [-0.2, -0.15) is 0 Å². The molecule has 136 valence electrons. The summed E-state index contributed by atoms with van der Waals surface area (Å²) in [5, 5.41) is 0.715. The van der Waals surface area contributed by atoms with Crippen LogP contribution in [0, 0.1) is 11.8 Å². The Kier molecular flexibility index (Phi) is 5.98. The van der Waals surface area contributed by atoms with Crippen molar-refractivity contribution in [3.8, 4) is 0 Å². The van der Waals surface area contributed by atoms with Gasteiger partial charge in [-0.15, -0.1) is 0 Å². The summed E-state index contributed by atoms with van der Waals surface area (Å²) in [6.07, 6.45) is 7.44. The van der Waals surface area contributed by atoms with Crippen LogP contribution in [0.15, 0.2) is 27.5 Å². The van der Waals surface area contributed by atoms with E-state index in [-0.39, 0.29) is 5.56 Å². The van der Waals surface area contributed by atoms with Crippen LogP contribution in [-0.2, 0) is 6.54 Å². The van der Waals surface area contributed by atoms with E-state index in [0.717, 1.165) is 34.6 Å². The van der Waals surface area contributed by atoms with Crippen LogP contribution in [0.1, 0.15) is 71.0 Å². The van der Waals surface area contributed by atoms with Crippen LogP contribution < -0.4 is 5.56 Å². The third-order valence-corrected chi connectivity index (χ3v) is 6.23. The topological polar surface area (TPSA) is 34.9 Å². The Bertz CT molecular complexity index is 798. The van der Waals surface area contributed by atoms with Gasteiger partial charge < -0.3 is 0 Å². The second-order valence-corrected chi connectivity index (χ2v) is 8.52. The van der Waals surface area contributed by atoms with E-state index in [1.165, 1.54) is 25.7 Å². The molecular formula is C21H29BrN2O. The quantitative estimate of drug-likeness (QED) is 0.622. The second kappa shape index (κ2) is 8.03. The normalized spacial score (nSPS) is 22.2. The van der Waals surface area contributed by atoms with E-state index in [1.807, 2.05) is 22.8 Å². The van der Waals surface area contributed by atoms with Gasteiger partial charge in [0.1, 0.15) is 5.82 Å². The number of hydrogen-bond acceptors (Lipinski definition) is 2. The second-order valence-electron chi connectivity index (χ2n) is 7.61. The lowest BCUT2D eigenvalue weighted by atomic mass is 9.74. The molecule has 1 aliphatic rings. The van der Waals surface area contributed by atoms with E-state index in [0.29, 0.717) is 23.8 Å². The van der Waals surface area contributed by atoms with Gasteiger partial charge in [0.25, 0.3) is 5.56 Å². The van der Waals surface area contributed by atoms with Gasteiger partial charge in [0.05, 0.1) is 10.9 Å². The minimum atomic E-state index is 0.105. The van der Waals surface area contributed by atoms with Crippen LogP contribution in [0.5, 0.6) is 0 Å². The van der Waals surface area contributed by atoms with Gasteiger partial charge in [0.2, 0.25) is 0 Å². The molecule has 4 heteroatoms. The maximum absolute atomic E-state index is 13.1. The average molecular weight is 405 g/mol. The van der Waals surface area contributed by atoms with Crippen LogP contribution in [0.4, 0.5) is 0 Å². The van der Waals surface area contributed by atoms with E-state index < -0.39 is 0 Å². The Morgan fingerprint density at radius 1 is 1.32 bits per heavy atom. The van der Waals surface area contributed by atoms with Crippen molar-refractivity contribution in [2.75, 3.05) is 0 Å². The van der Waals surface area contributed by atoms with Gasteiger partial charge in [0, 0.05) is 16.9 Å². The average Bonchev–Trinajstić information content (AvgIpc) is 2.60. The fourth-order valence-electron chi connectivity index (χ4n) is 4.53. The summed E-state index contributed by atoms with van der Waals surface area (Å²) < 4.78 is 2.86. The molecule has 0 unspecified atom stereocenters. The molecule has 0 N–H and O–H groups in total. The molecule has 0 amide bonds. The van der Waals surface area contributed by atoms with Crippen molar-refractivity contribution >= 4 is 26.8 Å². The molecule has 1 saturated carbocycles. The fraction of sp³-hybridized carbons (Fsp3) is 0.619. The first-order chi connectivity index (χ1) is 12.0. The van der Waals surface area contributed by atoms with Crippen LogP contribution in [-0.4, -0.2) is 9.55 Å². The summed E-state index contributed by atoms with van der Waals surface area (Å²) in [7, 11) is 0. The molecule has 0 radical (unpaired) electrons. The standard InChI is InChI=1S/C21H29BrN2O/c1-4-7-17(15-9-6-8-14(3)12-15)20-23-19-11-10-16(22)13-18(19)21(25)24(20)5-2/h10-11,13-15,17H,4-9,12H2,1-3H3/t14-,15-,17+/m1/s1. The number of fused-ring (bicyclic) bond motifs is 1. The predicted molar refractivity (Wildman–Crippen MR) is 108 cm³/mol. The minimum absolute atomic E-state index is 0.105. The first kappa shape index (κ1) is 18.6. The molecule has 3 rings (SSSR count). The van der Waals surface area contributed by atoms with Crippen molar-refractivity contribution in [1.29, 1.82) is 0 Å². The zero-order chi connectivity index (χ0) is 18.0. The highest BCUT2D eigenvalue weighted by molar-refractivity contribution is 9.10.